The molecule has 0 spiro atoms. The van der Waals surface area contributed by atoms with E-state index in [1.54, 1.807) is 18.2 Å². The summed E-state index contributed by atoms with van der Waals surface area (Å²) in [6.07, 6.45) is 3.26. The molecule has 34 heavy (non-hydrogen) atoms. The molecule has 1 atom stereocenters. The molecule has 2 aromatic rings. The van der Waals surface area contributed by atoms with Gasteiger partial charge in [-0.25, -0.2) is 9.69 Å². The number of carbonyl (C=O) groups is 3. The van der Waals surface area contributed by atoms with Gasteiger partial charge in [0.1, 0.15) is 5.57 Å². The molecular formula is C28H33N3O3. The molecular weight excluding hydrogens is 426 g/mol. The van der Waals surface area contributed by atoms with Crippen molar-refractivity contribution in [3.63, 3.8) is 0 Å². The summed E-state index contributed by atoms with van der Waals surface area (Å²) < 4.78 is 0. The van der Waals surface area contributed by atoms with Crippen molar-refractivity contribution < 1.29 is 14.4 Å². The van der Waals surface area contributed by atoms with Gasteiger partial charge in [0.25, 0.3) is 11.8 Å². The van der Waals surface area contributed by atoms with Crippen molar-refractivity contribution in [3.8, 4) is 0 Å². The predicted molar refractivity (Wildman–Crippen MR) is 136 cm³/mol. The highest BCUT2D eigenvalue weighted by atomic mass is 16.2. The molecule has 2 aliphatic rings. The van der Waals surface area contributed by atoms with Crippen molar-refractivity contribution in [1.29, 1.82) is 0 Å². The average Bonchev–Trinajstić information content (AvgIpc) is 2.76. The minimum atomic E-state index is -0.720. The Morgan fingerprint density at radius 2 is 1.79 bits per heavy atom. The second-order valence-electron chi connectivity index (χ2n) is 10.1. The first-order chi connectivity index (χ1) is 16.0. The van der Waals surface area contributed by atoms with Crippen LogP contribution >= 0.6 is 0 Å². The fourth-order valence-electron chi connectivity index (χ4n) is 5.61. The zero-order valence-corrected chi connectivity index (χ0v) is 20.8. The molecule has 0 saturated carbocycles. The predicted octanol–water partition coefficient (Wildman–Crippen LogP) is 5.42. The van der Waals surface area contributed by atoms with Gasteiger partial charge in [0.15, 0.2) is 0 Å². The lowest BCUT2D eigenvalue weighted by molar-refractivity contribution is -0.122. The van der Waals surface area contributed by atoms with Gasteiger partial charge in [0, 0.05) is 17.3 Å². The summed E-state index contributed by atoms with van der Waals surface area (Å²) in [7, 11) is 0. The van der Waals surface area contributed by atoms with E-state index < -0.39 is 17.8 Å². The Hall–Kier alpha value is -3.41. The van der Waals surface area contributed by atoms with Crippen LogP contribution in [0.2, 0.25) is 0 Å². The second kappa shape index (κ2) is 8.75. The number of hydrogen-bond donors (Lipinski definition) is 1. The molecule has 4 rings (SSSR count). The number of hydrogen-bond acceptors (Lipinski definition) is 4. The van der Waals surface area contributed by atoms with Crippen LogP contribution in [0.15, 0.2) is 48.0 Å². The molecule has 0 aromatic heterocycles. The Kier molecular flexibility index (Phi) is 6.11. The van der Waals surface area contributed by atoms with E-state index in [1.807, 2.05) is 25.1 Å². The van der Waals surface area contributed by atoms with Crippen LogP contribution in [-0.4, -0.2) is 29.4 Å². The SMILES string of the molecule is CCc1ccccc1N1C(=O)NC(=O)/C(=C\c2ccc3c(c2)C(C)CC(C)(C)N3C(C)C)C1=O. The third kappa shape index (κ3) is 4.02. The number of para-hydroxylation sites is 1. The molecule has 4 amide bonds. The number of rotatable bonds is 4. The molecule has 6 nitrogen and oxygen atoms in total. The lowest BCUT2D eigenvalue weighted by atomic mass is 9.78. The number of amides is 4. The topological polar surface area (TPSA) is 69.7 Å². The van der Waals surface area contributed by atoms with E-state index in [9.17, 15) is 14.4 Å². The number of nitrogens with zero attached hydrogens (tertiary/aromatic N) is 2. The van der Waals surface area contributed by atoms with E-state index in [2.05, 4.69) is 57.0 Å². The molecule has 0 radical (unpaired) electrons. The summed E-state index contributed by atoms with van der Waals surface area (Å²) >= 11 is 0. The molecule has 2 aromatic carbocycles. The van der Waals surface area contributed by atoms with Crippen LogP contribution in [0, 0.1) is 0 Å². The van der Waals surface area contributed by atoms with Gasteiger partial charge < -0.3 is 4.90 Å². The van der Waals surface area contributed by atoms with Crippen LogP contribution < -0.4 is 15.1 Å². The van der Waals surface area contributed by atoms with Gasteiger partial charge in [-0.2, -0.15) is 0 Å². The van der Waals surface area contributed by atoms with Gasteiger partial charge in [0.05, 0.1) is 5.69 Å². The third-order valence-corrected chi connectivity index (χ3v) is 6.84. The number of anilines is 2. The Morgan fingerprint density at radius 1 is 1.09 bits per heavy atom. The lowest BCUT2D eigenvalue weighted by Crippen LogP contribution is -2.54. The van der Waals surface area contributed by atoms with E-state index in [4.69, 9.17) is 0 Å². The highest BCUT2D eigenvalue weighted by Crippen LogP contribution is 2.44. The number of carbonyl (C=O) groups excluding carboxylic acids is 3. The summed E-state index contributed by atoms with van der Waals surface area (Å²) in [6.45, 7) is 13.1. The average molecular weight is 460 g/mol. The monoisotopic (exact) mass is 459 g/mol. The Morgan fingerprint density at radius 3 is 2.47 bits per heavy atom. The number of benzene rings is 2. The molecule has 1 fully saturated rings. The summed E-state index contributed by atoms with van der Waals surface area (Å²) in [5.74, 6) is -0.940. The zero-order valence-electron chi connectivity index (χ0n) is 20.8. The summed E-state index contributed by atoms with van der Waals surface area (Å²) in [5.41, 5.74) is 4.51. The van der Waals surface area contributed by atoms with Crippen molar-refractivity contribution in [2.75, 3.05) is 9.80 Å². The van der Waals surface area contributed by atoms with E-state index in [-0.39, 0.29) is 11.1 Å². The van der Waals surface area contributed by atoms with Crippen LogP contribution in [0.5, 0.6) is 0 Å². The maximum Gasteiger partial charge on any atom is 0.335 e. The van der Waals surface area contributed by atoms with Crippen LogP contribution in [0.25, 0.3) is 6.08 Å². The van der Waals surface area contributed by atoms with E-state index >= 15 is 0 Å². The molecule has 1 saturated heterocycles. The highest BCUT2D eigenvalue weighted by Gasteiger charge is 2.39. The molecule has 178 valence electrons. The van der Waals surface area contributed by atoms with Crippen LogP contribution in [-0.2, 0) is 16.0 Å². The van der Waals surface area contributed by atoms with Gasteiger partial charge in [0.2, 0.25) is 0 Å². The Balaban J connectivity index is 1.75. The molecule has 0 aliphatic carbocycles. The smallest absolute Gasteiger partial charge is 0.335 e. The number of aryl methyl sites for hydroxylation is 1. The highest BCUT2D eigenvalue weighted by molar-refractivity contribution is 6.39. The van der Waals surface area contributed by atoms with E-state index in [0.29, 0.717) is 24.1 Å². The van der Waals surface area contributed by atoms with E-state index in [0.717, 1.165) is 22.4 Å². The number of nitrogens with one attached hydrogen (secondary N) is 1. The Labute approximate surface area is 201 Å². The quantitative estimate of drug-likeness (QED) is 0.490. The van der Waals surface area contributed by atoms with Crippen LogP contribution in [0.3, 0.4) is 0 Å². The first-order valence-corrected chi connectivity index (χ1v) is 12.0. The summed E-state index contributed by atoms with van der Waals surface area (Å²) in [5, 5.41) is 2.33. The summed E-state index contributed by atoms with van der Waals surface area (Å²) in [4.78, 5) is 42.2. The number of urea groups is 1. The molecule has 0 bridgehead atoms. The minimum Gasteiger partial charge on any atom is -0.364 e. The number of imide groups is 2. The van der Waals surface area contributed by atoms with Gasteiger partial charge in [-0.3, -0.25) is 14.9 Å². The van der Waals surface area contributed by atoms with Crippen molar-refractivity contribution in [2.45, 2.75) is 71.9 Å². The lowest BCUT2D eigenvalue weighted by Gasteiger charge is -2.50. The normalized spacial score (nSPS) is 21.2. The molecule has 2 heterocycles. The van der Waals surface area contributed by atoms with Crippen molar-refractivity contribution in [3.05, 3.63) is 64.7 Å². The maximum atomic E-state index is 13.4. The number of barbiturate groups is 1. The first-order valence-electron chi connectivity index (χ1n) is 12.0. The molecule has 6 heteroatoms. The Bertz CT molecular complexity index is 1200. The van der Waals surface area contributed by atoms with Gasteiger partial charge in [-0.1, -0.05) is 38.1 Å². The largest absolute Gasteiger partial charge is 0.364 e. The van der Waals surface area contributed by atoms with Gasteiger partial charge in [-0.15, -0.1) is 0 Å². The third-order valence-electron chi connectivity index (χ3n) is 6.84. The van der Waals surface area contributed by atoms with Crippen molar-refractivity contribution in [1.82, 2.24) is 5.32 Å². The second-order valence-corrected chi connectivity index (χ2v) is 10.1. The standard InChI is InChI=1S/C28H33N3O3/c1-7-20-10-8-9-11-23(20)30-26(33)22(25(32)29-27(30)34)15-19-12-13-24-21(14-19)18(4)16-28(5,6)31(24)17(2)3/h8-15,17-18H,7,16H2,1-6H3,(H,29,32,34)/b22-15+. The summed E-state index contributed by atoms with van der Waals surface area (Å²) in [6, 6.07) is 13.0. The van der Waals surface area contributed by atoms with Gasteiger partial charge >= 0.3 is 6.03 Å². The first kappa shape index (κ1) is 23.7. The molecule has 2 aliphatic heterocycles. The van der Waals surface area contributed by atoms with Crippen molar-refractivity contribution in [2.24, 2.45) is 0 Å². The van der Waals surface area contributed by atoms with E-state index in [1.165, 1.54) is 11.3 Å². The molecule has 1 unspecified atom stereocenters. The zero-order chi connectivity index (χ0) is 24.8. The van der Waals surface area contributed by atoms with Gasteiger partial charge in [-0.05, 0) is 87.4 Å². The van der Waals surface area contributed by atoms with Crippen LogP contribution in [0.4, 0.5) is 16.2 Å². The minimum absolute atomic E-state index is 0.0350. The fraction of sp³-hybridized carbons (Fsp3) is 0.393. The maximum absolute atomic E-state index is 13.4. The van der Waals surface area contributed by atoms with Crippen LogP contribution in [0.1, 0.15) is 70.6 Å². The molecule has 1 N–H and O–H groups in total. The number of fused-ring (bicyclic) bond motifs is 1. The van der Waals surface area contributed by atoms with Crippen molar-refractivity contribution >= 4 is 35.3 Å². The fourth-order valence-corrected chi connectivity index (χ4v) is 5.61.